The van der Waals surface area contributed by atoms with Crippen LogP contribution < -0.4 is 5.32 Å². The molecule has 0 heterocycles. The summed E-state index contributed by atoms with van der Waals surface area (Å²) in [5.74, 6) is -0.0531. The van der Waals surface area contributed by atoms with Gasteiger partial charge in [0.2, 0.25) is 0 Å². The Morgan fingerprint density at radius 3 is 2.26 bits per heavy atom. The van der Waals surface area contributed by atoms with Gasteiger partial charge in [-0.05, 0) is 56.3 Å². The molecule has 1 N–H and O–H groups in total. The first kappa shape index (κ1) is 17.2. The molecule has 0 unspecified atom stereocenters. The normalized spacial score (nSPS) is 10.8. The van der Waals surface area contributed by atoms with Crippen LogP contribution in [-0.4, -0.2) is 23.9 Å². The van der Waals surface area contributed by atoms with Crippen molar-refractivity contribution in [3.8, 4) is 0 Å². The first-order valence-electron chi connectivity index (χ1n) is 8.23. The van der Waals surface area contributed by atoms with Gasteiger partial charge in [0.25, 0.3) is 5.91 Å². The molecular formula is C20H26N2O. The Hall–Kier alpha value is -2.13. The number of aryl methyl sites for hydroxylation is 2. The van der Waals surface area contributed by atoms with Crippen molar-refractivity contribution in [1.82, 2.24) is 4.90 Å². The van der Waals surface area contributed by atoms with E-state index in [0.29, 0.717) is 0 Å². The summed E-state index contributed by atoms with van der Waals surface area (Å²) in [5.41, 5.74) is 4.91. The van der Waals surface area contributed by atoms with E-state index in [0.717, 1.165) is 42.0 Å². The molecular weight excluding hydrogens is 284 g/mol. The fourth-order valence-corrected chi connectivity index (χ4v) is 2.58. The number of hydrogen-bond acceptors (Lipinski definition) is 2. The first-order chi connectivity index (χ1) is 11.0. The average Bonchev–Trinajstić information content (AvgIpc) is 2.56. The number of carbonyl (C=O) groups excluding carboxylic acids is 1. The summed E-state index contributed by atoms with van der Waals surface area (Å²) in [5, 5.41) is 2.98. The van der Waals surface area contributed by atoms with Gasteiger partial charge < -0.3 is 5.32 Å². The first-order valence-corrected chi connectivity index (χ1v) is 8.23. The lowest BCUT2D eigenvalue weighted by atomic mass is 10.0. The molecule has 0 fully saturated rings. The number of amides is 1. The van der Waals surface area contributed by atoms with Gasteiger partial charge in [0.15, 0.2) is 0 Å². The molecule has 2 rings (SSSR count). The molecule has 0 aliphatic heterocycles. The number of benzene rings is 2. The number of rotatable bonds is 6. The highest BCUT2D eigenvalue weighted by atomic mass is 16.1. The topological polar surface area (TPSA) is 32.3 Å². The van der Waals surface area contributed by atoms with Crippen LogP contribution in [0.15, 0.2) is 42.5 Å². The Balaban J connectivity index is 2.06. The Morgan fingerprint density at radius 2 is 1.65 bits per heavy atom. The van der Waals surface area contributed by atoms with Gasteiger partial charge in [-0.25, -0.2) is 0 Å². The molecule has 2 aromatic carbocycles. The summed E-state index contributed by atoms with van der Waals surface area (Å²) in [6.07, 6.45) is 0. The smallest absolute Gasteiger partial charge is 0.255 e. The van der Waals surface area contributed by atoms with Crippen molar-refractivity contribution in [2.45, 2.75) is 34.2 Å². The van der Waals surface area contributed by atoms with Crippen molar-refractivity contribution in [3.63, 3.8) is 0 Å². The minimum absolute atomic E-state index is 0.0531. The molecule has 0 radical (unpaired) electrons. The largest absolute Gasteiger partial charge is 0.322 e. The van der Waals surface area contributed by atoms with Crippen LogP contribution in [0.1, 0.15) is 40.9 Å². The molecule has 0 aliphatic rings. The van der Waals surface area contributed by atoms with Crippen LogP contribution in [0.4, 0.5) is 5.69 Å². The van der Waals surface area contributed by atoms with Crippen LogP contribution in [-0.2, 0) is 6.54 Å². The van der Waals surface area contributed by atoms with Crippen molar-refractivity contribution < 1.29 is 4.79 Å². The predicted molar refractivity (Wildman–Crippen MR) is 96.9 cm³/mol. The van der Waals surface area contributed by atoms with Gasteiger partial charge in [-0.1, -0.05) is 43.7 Å². The quantitative estimate of drug-likeness (QED) is 0.858. The van der Waals surface area contributed by atoms with Gasteiger partial charge in [-0.15, -0.1) is 0 Å². The Bertz CT molecular complexity index is 658. The summed E-state index contributed by atoms with van der Waals surface area (Å²) in [6, 6.07) is 14.0. The molecule has 0 spiro atoms. The van der Waals surface area contributed by atoms with Crippen molar-refractivity contribution in [2.24, 2.45) is 0 Å². The van der Waals surface area contributed by atoms with E-state index >= 15 is 0 Å². The zero-order valence-electron chi connectivity index (χ0n) is 14.5. The van der Waals surface area contributed by atoms with Crippen molar-refractivity contribution >= 4 is 11.6 Å². The van der Waals surface area contributed by atoms with Crippen molar-refractivity contribution in [1.29, 1.82) is 0 Å². The Kier molecular flexibility index (Phi) is 5.94. The average molecular weight is 310 g/mol. The maximum absolute atomic E-state index is 12.4. The summed E-state index contributed by atoms with van der Waals surface area (Å²) < 4.78 is 0. The number of nitrogens with one attached hydrogen (secondary N) is 1. The maximum Gasteiger partial charge on any atom is 0.255 e. The standard InChI is InChI=1S/C20H26N2O/c1-5-22(6-2)14-17-9-11-18(12-10-17)21-20(23)19-13-15(3)7-8-16(19)4/h7-13H,5-6,14H2,1-4H3,(H,21,23). The van der Waals surface area contributed by atoms with E-state index in [1.54, 1.807) is 0 Å². The van der Waals surface area contributed by atoms with Crippen LogP contribution in [0.25, 0.3) is 0 Å². The molecule has 0 bridgehead atoms. The molecule has 0 atom stereocenters. The van der Waals surface area contributed by atoms with E-state index in [1.807, 2.05) is 44.2 Å². The third-order valence-electron chi connectivity index (χ3n) is 4.15. The van der Waals surface area contributed by atoms with E-state index < -0.39 is 0 Å². The zero-order valence-corrected chi connectivity index (χ0v) is 14.5. The summed E-state index contributed by atoms with van der Waals surface area (Å²) in [4.78, 5) is 14.8. The molecule has 0 aromatic heterocycles. The van der Waals surface area contributed by atoms with E-state index in [-0.39, 0.29) is 5.91 Å². The van der Waals surface area contributed by atoms with E-state index in [1.165, 1.54) is 5.56 Å². The second kappa shape index (κ2) is 7.93. The van der Waals surface area contributed by atoms with Crippen molar-refractivity contribution in [2.75, 3.05) is 18.4 Å². The minimum Gasteiger partial charge on any atom is -0.322 e. The number of carbonyl (C=O) groups is 1. The number of anilines is 1. The van der Waals surface area contributed by atoms with E-state index in [4.69, 9.17) is 0 Å². The van der Waals surface area contributed by atoms with E-state index in [9.17, 15) is 4.79 Å². The van der Waals surface area contributed by atoms with Crippen LogP contribution >= 0.6 is 0 Å². The molecule has 3 heteroatoms. The monoisotopic (exact) mass is 310 g/mol. The minimum atomic E-state index is -0.0531. The van der Waals surface area contributed by atoms with Gasteiger partial charge in [-0.3, -0.25) is 9.69 Å². The third-order valence-corrected chi connectivity index (χ3v) is 4.15. The maximum atomic E-state index is 12.4. The molecule has 3 nitrogen and oxygen atoms in total. The molecule has 122 valence electrons. The van der Waals surface area contributed by atoms with Crippen LogP contribution in [0.3, 0.4) is 0 Å². The third kappa shape index (κ3) is 4.67. The van der Waals surface area contributed by atoms with Crippen LogP contribution in [0.5, 0.6) is 0 Å². The zero-order chi connectivity index (χ0) is 16.8. The molecule has 2 aromatic rings. The second-order valence-corrected chi connectivity index (χ2v) is 5.93. The molecule has 23 heavy (non-hydrogen) atoms. The van der Waals surface area contributed by atoms with E-state index in [2.05, 4.69) is 36.2 Å². The lowest BCUT2D eigenvalue weighted by molar-refractivity contribution is 0.102. The van der Waals surface area contributed by atoms with Crippen molar-refractivity contribution in [3.05, 3.63) is 64.7 Å². The van der Waals surface area contributed by atoms with Gasteiger partial charge >= 0.3 is 0 Å². The molecule has 0 saturated carbocycles. The Morgan fingerprint density at radius 1 is 1.00 bits per heavy atom. The van der Waals surface area contributed by atoms with Gasteiger partial charge in [0.1, 0.15) is 0 Å². The highest BCUT2D eigenvalue weighted by molar-refractivity contribution is 6.05. The lowest BCUT2D eigenvalue weighted by Gasteiger charge is -2.18. The van der Waals surface area contributed by atoms with Gasteiger partial charge in [0.05, 0.1) is 0 Å². The second-order valence-electron chi connectivity index (χ2n) is 5.93. The Labute approximate surface area is 139 Å². The highest BCUT2D eigenvalue weighted by Gasteiger charge is 2.09. The number of nitrogens with zero attached hydrogens (tertiary/aromatic N) is 1. The fourth-order valence-electron chi connectivity index (χ4n) is 2.58. The summed E-state index contributed by atoms with van der Waals surface area (Å²) in [7, 11) is 0. The predicted octanol–water partition coefficient (Wildman–Crippen LogP) is 4.40. The van der Waals surface area contributed by atoms with Gasteiger partial charge in [0, 0.05) is 17.8 Å². The summed E-state index contributed by atoms with van der Waals surface area (Å²) in [6.45, 7) is 11.3. The number of hydrogen-bond donors (Lipinski definition) is 1. The summed E-state index contributed by atoms with van der Waals surface area (Å²) >= 11 is 0. The van der Waals surface area contributed by atoms with Crippen LogP contribution in [0, 0.1) is 13.8 Å². The molecule has 1 amide bonds. The SMILES string of the molecule is CCN(CC)Cc1ccc(NC(=O)c2cc(C)ccc2C)cc1. The molecule has 0 saturated heterocycles. The molecule has 0 aliphatic carbocycles. The fraction of sp³-hybridized carbons (Fsp3) is 0.350. The lowest BCUT2D eigenvalue weighted by Crippen LogP contribution is -2.22. The van der Waals surface area contributed by atoms with Gasteiger partial charge in [-0.2, -0.15) is 0 Å². The highest BCUT2D eigenvalue weighted by Crippen LogP contribution is 2.15. The van der Waals surface area contributed by atoms with Crippen LogP contribution in [0.2, 0.25) is 0 Å².